The molecule has 0 bridgehead atoms. The fourth-order valence-corrected chi connectivity index (χ4v) is 0. The first-order chi connectivity index (χ1) is 1.91. The molecule has 0 rings (SSSR count). The number of halogens is 1. The van der Waals surface area contributed by atoms with E-state index < -0.39 is 0 Å². The Morgan fingerprint density at radius 1 is 1.60 bits per heavy atom. The molecule has 0 saturated heterocycles. The van der Waals surface area contributed by atoms with Gasteiger partial charge in [-0.3, -0.25) is 0 Å². The second kappa shape index (κ2) is 8.87. The predicted octanol–water partition coefficient (Wildman–Crippen LogP) is -0.337. The molecule has 0 atom stereocenters. The number of hydrogen-bond acceptors (Lipinski definition) is 0. The summed E-state index contributed by atoms with van der Waals surface area (Å²) in [7, 11) is 0.982. The quantitative estimate of drug-likeness (QED) is 0.402. The van der Waals surface area contributed by atoms with Crippen LogP contribution in [0.4, 0.5) is 0 Å². The van der Waals surface area contributed by atoms with E-state index in [2.05, 4.69) is 26.3 Å². The molecule has 5 heavy (non-hydrogen) atoms. The summed E-state index contributed by atoms with van der Waals surface area (Å²) < 4.78 is 0. The molecule has 0 aliphatic rings. The van der Waals surface area contributed by atoms with E-state index in [-0.39, 0.29) is 20.4 Å². The molecule has 0 aromatic carbocycles. The summed E-state index contributed by atoms with van der Waals surface area (Å²) in [4.78, 5) is 2.55. The summed E-state index contributed by atoms with van der Waals surface area (Å²) in [5, 5.41) is 0. The van der Waals surface area contributed by atoms with Crippen LogP contribution in [-0.4, -0.2) is 10.2 Å². The van der Waals surface area contributed by atoms with Gasteiger partial charge in [0.15, 0.2) is 0 Å². The third-order valence-electron chi connectivity index (χ3n) is 0.0945. The zero-order valence-electron chi connectivity index (χ0n) is 2.69. The minimum absolute atomic E-state index is 0. The molecular formula is C2H3BrPdSi. The summed E-state index contributed by atoms with van der Waals surface area (Å²) in [5.74, 6) is 0. The smallest absolute Gasteiger partial charge is 0.0918 e. The van der Waals surface area contributed by atoms with Crippen LogP contribution in [0, 0.1) is 10.4 Å². The summed E-state index contributed by atoms with van der Waals surface area (Å²) in [5.41, 5.74) is 2.74. The molecule has 32 valence electrons. The largest absolute Gasteiger partial charge is 0.132 e. The monoisotopic (exact) mass is 240 g/mol. The van der Waals surface area contributed by atoms with Gasteiger partial charge in [-0.15, -0.1) is 5.54 Å². The molecule has 0 unspecified atom stereocenters. The van der Waals surface area contributed by atoms with Crippen molar-refractivity contribution in [2.75, 3.05) is 0 Å². The number of rotatable bonds is 0. The van der Waals surface area contributed by atoms with Crippen molar-refractivity contribution in [2.45, 2.75) is 0 Å². The second-order valence-electron chi connectivity index (χ2n) is 0.344. The Labute approximate surface area is 56.9 Å². The van der Waals surface area contributed by atoms with Crippen LogP contribution in [0.15, 0.2) is 0 Å². The molecule has 0 radical (unpaired) electrons. The van der Waals surface area contributed by atoms with Gasteiger partial charge in [0.2, 0.25) is 0 Å². The maximum absolute atomic E-state index is 2.92. The van der Waals surface area contributed by atoms with E-state index in [1.54, 1.807) is 0 Å². The van der Waals surface area contributed by atoms with E-state index in [1.807, 2.05) is 0 Å². The molecule has 0 heterocycles. The van der Waals surface area contributed by atoms with Crippen LogP contribution in [0.2, 0.25) is 0 Å². The molecule has 0 fully saturated rings. The first-order valence-electron chi connectivity index (χ1n) is 0.939. The molecule has 3 heteroatoms. The molecule has 0 nitrogen and oxygen atoms in total. The second-order valence-corrected chi connectivity index (χ2v) is 1.24. The Hall–Kier alpha value is 0.919. The van der Waals surface area contributed by atoms with Crippen LogP contribution in [0.3, 0.4) is 0 Å². The third-order valence-corrected chi connectivity index (χ3v) is 1.47. The van der Waals surface area contributed by atoms with E-state index in [9.17, 15) is 0 Å². The fourth-order valence-electron chi connectivity index (χ4n) is 0. The third kappa shape index (κ3) is 11.4. The van der Waals surface area contributed by atoms with Crippen molar-refractivity contribution in [3.63, 3.8) is 0 Å². The Balaban J connectivity index is 0. The van der Waals surface area contributed by atoms with Gasteiger partial charge in [0.05, 0.1) is 10.2 Å². The summed E-state index contributed by atoms with van der Waals surface area (Å²) in [6.45, 7) is 0. The van der Waals surface area contributed by atoms with Crippen molar-refractivity contribution >= 4 is 26.2 Å². The van der Waals surface area contributed by atoms with Gasteiger partial charge in [-0.1, -0.05) is 0 Å². The van der Waals surface area contributed by atoms with Gasteiger partial charge < -0.3 is 0 Å². The average Bonchev–Trinajstić information content (AvgIpc) is 1.37. The zero-order valence-corrected chi connectivity index (χ0v) is 7.83. The maximum Gasteiger partial charge on any atom is 0.0918 e. The van der Waals surface area contributed by atoms with Gasteiger partial charge >= 0.3 is 0 Å². The molecule has 0 aliphatic heterocycles. The molecule has 0 aliphatic carbocycles. The van der Waals surface area contributed by atoms with Gasteiger partial charge in [-0.25, -0.2) is 0 Å². The Morgan fingerprint density at radius 2 is 1.80 bits per heavy atom. The first-order valence-corrected chi connectivity index (χ1v) is 2.73. The van der Waals surface area contributed by atoms with Gasteiger partial charge in [0.1, 0.15) is 0 Å². The Morgan fingerprint density at radius 3 is 1.80 bits per heavy atom. The van der Waals surface area contributed by atoms with E-state index in [0.29, 0.717) is 0 Å². The molecule has 0 N–H and O–H groups in total. The van der Waals surface area contributed by atoms with Crippen molar-refractivity contribution in [3.05, 3.63) is 0 Å². The number of hydrogen-bond donors (Lipinski definition) is 0. The van der Waals surface area contributed by atoms with Crippen LogP contribution in [0.25, 0.3) is 0 Å². The van der Waals surface area contributed by atoms with Crippen molar-refractivity contribution in [3.8, 4) is 10.4 Å². The molecule has 0 saturated carbocycles. The molecule has 0 aromatic heterocycles. The van der Waals surface area contributed by atoms with E-state index in [4.69, 9.17) is 0 Å². The van der Waals surface area contributed by atoms with E-state index in [0.717, 1.165) is 10.2 Å². The van der Waals surface area contributed by atoms with Crippen LogP contribution in [0.5, 0.6) is 0 Å². The van der Waals surface area contributed by atoms with Gasteiger partial charge in [-0.05, 0) is 4.83 Å². The van der Waals surface area contributed by atoms with Crippen LogP contribution < -0.4 is 0 Å². The van der Waals surface area contributed by atoms with E-state index in [1.165, 1.54) is 0 Å². The normalized spacial score (nSPS) is 3.40. The van der Waals surface area contributed by atoms with Crippen molar-refractivity contribution in [2.24, 2.45) is 0 Å². The summed E-state index contributed by atoms with van der Waals surface area (Å²) >= 11 is 2.92. The van der Waals surface area contributed by atoms with Gasteiger partial charge in [0, 0.05) is 36.4 Å². The predicted molar refractivity (Wildman–Crippen MR) is 26.6 cm³/mol. The van der Waals surface area contributed by atoms with Crippen LogP contribution in [-0.2, 0) is 20.4 Å². The molecule has 0 spiro atoms. The zero-order chi connectivity index (χ0) is 3.41. The molecule has 0 aromatic rings. The molecule has 0 amide bonds. The minimum atomic E-state index is 0. The molecular weight excluding hydrogens is 238 g/mol. The summed E-state index contributed by atoms with van der Waals surface area (Å²) in [6, 6.07) is 0. The van der Waals surface area contributed by atoms with Crippen LogP contribution >= 0.6 is 15.9 Å². The van der Waals surface area contributed by atoms with Gasteiger partial charge in [0.25, 0.3) is 0 Å². The van der Waals surface area contributed by atoms with Gasteiger partial charge in [-0.2, -0.15) is 0 Å². The van der Waals surface area contributed by atoms with E-state index >= 15 is 0 Å². The topological polar surface area (TPSA) is 0 Å². The minimum Gasteiger partial charge on any atom is -0.132 e. The Bertz CT molecular complexity index is 46.4. The van der Waals surface area contributed by atoms with Crippen molar-refractivity contribution in [1.29, 1.82) is 0 Å². The summed E-state index contributed by atoms with van der Waals surface area (Å²) in [6.07, 6.45) is 0. The Kier molecular flexibility index (Phi) is 16.5. The van der Waals surface area contributed by atoms with Crippen molar-refractivity contribution < 1.29 is 20.4 Å². The average molecular weight is 241 g/mol. The van der Waals surface area contributed by atoms with Crippen LogP contribution in [0.1, 0.15) is 0 Å². The fraction of sp³-hybridized carbons (Fsp3) is 0. The maximum atomic E-state index is 2.92. The SMILES string of the molecule is [Pd].[SiH3]C#CBr. The van der Waals surface area contributed by atoms with Crippen molar-refractivity contribution in [1.82, 2.24) is 0 Å². The standard InChI is InChI=1S/C2H3BrSi.Pd/c3-1-2-4;/h4H3;. The first kappa shape index (κ1) is 9.33.